The molecule has 0 bridgehead atoms. The predicted molar refractivity (Wildman–Crippen MR) is 62.9 cm³/mol. The number of aromatic hydroxyl groups is 3. The van der Waals surface area contributed by atoms with Crippen molar-refractivity contribution in [3.63, 3.8) is 0 Å². The minimum absolute atomic E-state index is 0.258. The standard InChI is InChI=1S/C12H16O6/c1-2-3-4-7(13)9-6(12(17)18)5-8(14)10(15)11(9)16/h5,7,13-16H,2-4H2,1H3,(H,17,18). The maximum Gasteiger partial charge on any atom is 0.336 e. The third kappa shape index (κ3) is 2.65. The van der Waals surface area contributed by atoms with Crippen molar-refractivity contribution in [2.24, 2.45) is 0 Å². The largest absolute Gasteiger partial charge is 0.504 e. The molecule has 0 aliphatic carbocycles. The van der Waals surface area contributed by atoms with E-state index < -0.39 is 34.9 Å². The zero-order valence-corrected chi connectivity index (χ0v) is 9.92. The van der Waals surface area contributed by atoms with Gasteiger partial charge in [-0.25, -0.2) is 4.79 Å². The van der Waals surface area contributed by atoms with Gasteiger partial charge in [0.05, 0.1) is 11.7 Å². The third-order valence-electron chi connectivity index (χ3n) is 2.69. The first-order chi connectivity index (χ1) is 8.40. The molecule has 0 amide bonds. The van der Waals surface area contributed by atoms with Gasteiger partial charge >= 0.3 is 5.97 Å². The third-order valence-corrected chi connectivity index (χ3v) is 2.69. The fourth-order valence-electron chi connectivity index (χ4n) is 1.72. The summed E-state index contributed by atoms with van der Waals surface area (Å²) in [6.45, 7) is 1.90. The molecule has 0 aromatic heterocycles. The highest BCUT2D eigenvalue weighted by Crippen LogP contribution is 2.43. The van der Waals surface area contributed by atoms with E-state index >= 15 is 0 Å². The smallest absolute Gasteiger partial charge is 0.336 e. The zero-order valence-electron chi connectivity index (χ0n) is 9.92. The number of benzene rings is 1. The summed E-state index contributed by atoms with van der Waals surface area (Å²) >= 11 is 0. The van der Waals surface area contributed by atoms with Gasteiger partial charge in [0, 0.05) is 5.56 Å². The summed E-state index contributed by atoms with van der Waals surface area (Å²) < 4.78 is 0. The fraction of sp³-hybridized carbons (Fsp3) is 0.417. The van der Waals surface area contributed by atoms with Crippen LogP contribution in [0.15, 0.2) is 6.07 Å². The minimum Gasteiger partial charge on any atom is -0.504 e. The molecule has 1 aromatic rings. The molecule has 18 heavy (non-hydrogen) atoms. The molecule has 0 spiro atoms. The minimum atomic E-state index is -1.40. The Morgan fingerprint density at radius 3 is 2.39 bits per heavy atom. The first-order valence-electron chi connectivity index (χ1n) is 5.59. The highest BCUT2D eigenvalue weighted by molar-refractivity contribution is 5.92. The molecule has 0 radical (unpaired) electrons. The van der Waals surface area contributed by atoms with E-state index in [2.05, 4.69) is 0 Å². The van der Waals surface area contributed by atoms with Gasteiger partial charge in [0.15, 0.2) is 11.5 Å². The van der Waals surface area contributed by atoms with Crippen LogP contribution in [-0.2, 0) is 0 Å². The summed E-state index contributed by atoms with van der Waals surface area (Å²) in [4.78, 5) is 11.0. The number of unbranched alkanes of at least 4 members (excludes halogenated alkanes) is 1. The molecule has 0 aliphatic heterocycles. The maximum atomic E-state index is 11.0. The average molecular weight is 256 g/mol. The van der Waals surface area contributed by atoms with Crippen LogP contribution in [0.25, 0.3) is 0 Å². The Labute approximate surface area is 104 Å². The Balaban J connectivity index is 3.30. The van der Waals surface area contributed by atoms with Gasteiger partial charge < -0.3 is 25.5 Å². The highest BCUT2D eigenvalue weighted by Gasteiger charge is 2.25. The second-order valence-corrected chi connectivity index (χ2v) is 4.02. The number of aliphatic hydroxyl groups is 1. The van der Waals surface area contributed by atoms with Gasteiger partial charge in [0.1, 0.15) is 0 Å². The molecule has 5 N–H and O–H groups in total. The molecular formula is C12H16O6. The lowest BCUT2D eigenvalue weighted by Gasteiger charge is -2.16. The lowest BCUT2D eigenvalue weighted by Crippen LogP contribution is -2.08. The SMILES string of the molecule is CCCCC(O)c1c(C(=O)O)cc(O)c(O)c1O. The van der Waals surface area contributed by atoms with Crippen LogP contribution in [0.5, 0.6) is 17.2 Å². The molecule has 1 rings (SSSR count). The van der Waals surface area contributed by atoms with Gasteiger partial charge in [0.2, 0.25) is 5.75 Å². The van der Waals surface area contributed by atoms with Crippen LogP contribution in [0.4, 0.5) is 0 Å². The first-order valence-corrected chi connectivity index (χ1v) is 5.59. The normalized spacial score (nSPS) is 12.3. The lowest BCUT2D eigenvalue weighted by molar-refractivity contribution is 0.0685. The van der Waals surface area contributed by atoms with Crippen molar-refractivity contribution in [3.05, 3.63) is 17.2 Å². The van der Waals surface area contributed by atoms with Crippen LogP contribution < -0.4 is 0 Å². The molecule has 6 nitrogen and oxygen atoms in total. The maximum absolute atomic E-state index is 11.0. The molecular weight excluding hydrogens is 240 g/mol. The zero-order chi connectivity index (χ0) is 13.9. The monoisotopic (exact) mass is 256 g/mol. The highest BCUT2D eigenvalue weighted by atomic mass is 16.4. The van der Waals surface area contributed by atoms with Crippen molar-refractivity contribution in [1.29, 1.82) is 0 Å². The molecule has 100 valence electrons. The van der Waals surface area contributed by atoms with Gasteiger partial charge in [0.25, 0.3) is 0 Å². The van der Waals surface area contributed by atoms with Crippen molar-refractivity contribution in [1.82, 2.24) is 0 Å². The molecule has 0 saturated heterocycles. The second-order valence-electron chi connectivity index (χ2n) is 4.02. The molecule has 6 heteroatoms. The van der Waals surface area contributed by atoms with E-state index in [1.807, 2.05) is 6.92 Å². The summed E-state index contributed by atoms with van der Waals surface area (Å²) in [5, 5.41) is 47.1. The van der Waals surface area contributed by atoms with E-state index in [4.69, 9.17) is 5.11 Å². The van der Waals surface area contributed by atoms with Crippen LogP contribution in [-0.4, -0.2) is 31.5 Å². The average Bonchev–Trinajstić information content (AvgIpc) is 2.32. The number of rotatable bonds is 5. The van der Waals surface area contributed by atoms with Gasteiger partial charge in [-0.3, -0.25) is 0 Å². The van der Waals surface area contributed by atoms with E-state index in [-0.39, 0.29) is 12.0 Å². The molecule has 0 aliphatic rings. The Bertz CT molecular complexity index is 454. The van der Waals surface area contributed by atoms with Crippen LogP contribution in [0, 0.1) is 0 Å². The quantitative estimate of drug-likeness (QED) is 0.512. The number of carbonyl (C=O) groups is 1. The number of carboxylic acid groups (broad SMARTS) is 1. The summed E-state index contributed by atoms with van der Waals surface area (Å²) in [6, 6.07) is 0.807. The van der Waals surface area contributed by atoms with Crippen molar-refractivity contribution >= 4 is 5.97 Å². The van der Waals surface area contributed by atoms with E-state index in [0.29, 0.717) is 6.42 Å². The Morgan fingerprint density at radius 2 is 1.89 bits per heavy atom. The number of hydrogen-bond donors (Lipinski definition) is 5. The van der Waals surface area contributed by atoms with E-state index in [0.717, 1.165) is 12.5 Å². The number of carboxylic acids is 1. The fourth-order valence-corrected chi connectivity index (χ4v) is 1.72. The first kappa shape index (κ1) is 14.1. The number of hydrogen-bond acceptors (Lipinski definition) is 5. The summed E-state index contributed by atoms with van der Waals surface area (Å²) in [5.41, 5.74) is -0.697. The molecule has 0 saturated carbocycles. The van der Waals surface area contributed by atoms with Crippen LogP contribution in [0.1, 0.15) is 48.2 Å². The van der Waals surface area contributed by atoms with Gasteiger partial charge in [-0.05, 0) is 12.5 Å². The topological polar surface area (TPSA) is 118 Å². The number of phenols is 3. The Morgan fingerprint density at radius 1 is 1.28 bits per heavy atom. The second kappa shape index (κ2) is 5.59. The number of aliphatic hydroxyl groups excluding tert-OH is 1. The van der Waals surface area contributed by atoms with E-state index in [1.54, 1.807) is 0 Å². The molecule has 1 aromatic carbocycles. The van der Waals surface area contributed by atoms with Crippen molar-refractivity contribution < 1.29 is 30.3 Å². The summed E-state index contributed by atoms with van der Waals surface area (Å²) in [5.74, 6) is -3.76. The van der Waals surface area contributed by atoms with Gasteiger partial charge in [-0.1, -0.05) is 19.8 Å². The Hall–Kier alpha value is -1.95. The van der Waals surface area contributed by atoms with Crippen LogP contribution in [0.3, 0.4) is 0 Å². The molecule has 1 unspecified atom stereocenters. The Kier molecular flexibility index (Phi) is 4.38. The van der Waals surface area contributed by atoms with Crippen molar-refractivity contribution in [2.45, 2.75) is 32.3 Å². The summed E-state index contributed by atoms with van der Waals surface area (Å²) in [6.07, 6.45) is 0.489. The van der Waals surface area contributed by atoms with Gasteiger partial charge in [-0.15, -0.1) is 0 Å². The number of phenolic OH excluding ortho intramolecular Hbond substituents is 3. The van der Waals surface area contributed by atoms with Crippen molar-refractivity contribution in [3.8, 4) is 17.2 Å². The predicted octanol–water partition coefficient (Wildman–Crippen LogP) is 1.73. The molecule has 1 atom stereocenters. The molecule has 0 heterocycles. The lowest BCUT2D eigenvalue weighted by atomic mass is 9.96. The van der Waals surface area contributed by atoms with Crippen molar-refractivity contribution in [2.75, 3.05) is 0 Å². The molecule has 0 fully saturated rings. The summed E-state index contributed by atoms with van der Waals surface area (Å²) in [7, 11) is 0. The van der Waals surface area contributed by atoms with Crippen LogP contribution in [0.2, 0.25) is 0 Å². The van der Waals surface area contributed by atoms with E-state index in [9.17, 15) is 25.2 Å². The van der Waals surface area contributed by atoms with Gasteiger partial charge in [-0.2, -0.15) is 0 Å². The van der Waals surface area contributed by atoms with E-state index in [1.165, 1.54) is 0 Å². The number of aromatic carboxylic acids is 1. The van der Waals surface area contributed by atoms with Crippen LogP contribution >= 0.6 is 0 Å².